The van der Waals surface area contributed by atoms with E-state index in [-0.39, 0.29) is 11.0 Å². The van der Waals surface area contributed by atoms with Crippen LogP contribution in [0.3, 0.4) is 0 Å². The van der Waals surface area contributed by atoms with Crippen LogP contribution in [0.25, 0.3) is 11.4 Å². The summed E-state index contributed by atoms with van der Waals surface area (Å²) in [5.41, 5.74) is 3.38. The van der Waals surface area contributed by atoms with Gasteiger partial charge in [0.25, 0.3) is 0 Å². The molecular weight excluding hydrogens is 380 g/mol. The van der Waals surface area contributed by atoms with Gasteiger partial charge in [-0.15, -0.1) is 0 Å². The van der Waals surface area contributed by atoms with Crippen LogP contribution >= 0.6 is 0 Å². The van der Waals surface area contributed by atoms with E-state index in [1.54, 1.807) is 12.4 Å². The molecule has 0 aromatic carbocycles. The van der Waals surface area contributed by atoms with Crippen LogP contribution in [-0.2, 0) is 11.8 Å². The third-order valence-corrected chi connectivity index (χ3v) is 5.86. The number of hydrogen-bond acceptors (Lipinski definition) is 8. The molecule has 1 fully saturated rings. The monoisotopic (exact) mass is 406 g/mol. The molecule has 0 N–H and O–H groups in total. The Labute approximate surface area is 175 Å². The van der Waals surface area contributed by atoms with Crippen molar-refractivity contribution in [3.05, 3.63) is 41.7 Å². The highest BCUT2D eigenvalue weighted by molar-refractivity contribution is 5.57. The van der Waals surface area contributed by atoms with E-state index < -0.39 is 0 Å². The Hall–Kier alpha value is -3.03. The maximum atomic E-state index is 6.40. The van der Waals surface area contributed by atoms with E-state index in [1.165, 1.54) is 5.56 Å². The molecule has 5 rings (SSSR count). The molecule has 2 aliphatic rings. The molecule has 3 aromatic heterocycles. The molecular formula is C22H26N6O2. The van der Waals surface area contributed by atoms with E-state index >= 15 is 0 Å². The number of hydrogen-bond donors (Lipinski definition) is 0. The summed E-state index contributed by atoms with van der Waals surface area (Å²) in [6, 6.07) is 2.69. The largest absolute Gasteiger partial charge is 0.485 e. The molecule has 0 bridgehead atoms. The van der Waals surface area contributed by atoms with Gasteiger partial charge in [0.1, 0.15) is 17.0 Å². The topological polar surface area (TPSA) is 90.1 Å². The highest BCUT2D eigenvalue weighted by atomic mass is 16.5. The van der Waals surface area contributed by atoms with Crippen molar-refractivity contribution in [2.24, 2.45) is 0 Å². The highest BCUT2D eigenvalue weighted by Gasteiger charge is 2.43. The number of anilines is 1. The van der Waals surface area contributed by atoms with Crippen LogP contribution in [0.1, 0.15) is 50.7 Å². The smallest absolute Gasteiger partial charge is 0.324 e. The SMILES string of the molecule is Cc1cnc(-c2cc3c(cn2)OC2(CCN(c4nc(C(C)(C)C)no4)CC2)C3)cn1. The number of piperidine rings is 1. The van der Waals surface area contributed by atoms with Gasteiger partial charge in [0.05, 0.1) is 23.8 Å². The van der Waals surface area contributed by atoms with E-state index in [1.807, 2.05) is 13.1 Å². The van der Waals surface area contributed by atoms with Crippen molar-refractivity contribution in [3.8, 4) is 17.1 Å². The molecule has 1 saturated heterocycles. The lowest BCUT2D eigenvalue weighted by Gasteiger charge is -2.37. The van der Waals surface area contributed by atoms with Crippen LogP contribution in [0, 0.1) is 6.92 Å². The first-order chi connectivity index (χ1) is 14.3. The number of aryl methyl sites for hydroxylation is 1. The van der Waals surface area contributed by atoms with Crippen molar-refractivity contribution in [2.45, 2.75) is 58.0 Å². The highest BCUT2D eigenvalue weighted by Crippen LogP contribution is 2.42. The maximum Gasteiger partial charge on any atom is 0.324 e. The van der Waals surface area contributed by atoms with E-state index in [0.717, 1.165) is 61.0 Å². The molecule has 0 radical (unpaired) electrons. The number of ether oxygens (including phenoxy) is 1. The van der Waals surface area contributed by atoms with Crippen molar-refractivity contribution >= 4 is 6.01 Å². The van der Waals surface area contributed by atoms with E-state index in [0.29, 0.717) is 6.01 Å². The quantitative estimate of drug-likeness (QED) is 0.639. The van der Waals surface area contributed by atoms with Crippen LogP contribution in [-0.4, -0.2) is 43.8 Å². The molecule has 3 aromatic rings. The predicted octanol–water partition coefficient (Wildman–Crippen LogP) is 3.50. The lowest BCUT2D eigenvalue weighted by Crippen LogP contribution is -2.47. The van der Waals surface area contributed by atoms with Crippen molar-refractivity contribution in [1.29, 1.82) is 0 Å². The zero-order chi connectivity index (χ0) is 20.9. The summed E-state index contributed by atoms with van der Waals surface area (Å²) < 4.78 is 11.9. The third kappa shape index (κ3) is 3.40. The van der Waals surface area contributed by atoms with Gasteiger partial charge in [-0.2, -0.15) is 4.98 Å². The summed E-state index contributed by atoms with van der Waals surface area (Å²) in [5.74, 6) is 1.61. The first-order valence-electron chi connectivity index (χ1n) is 10.4. The average molecular weight is 406 g/mol. The zero-order valence-electron chi connectivity index (χ0n) is 17.8. The van der Waals surface area contributed by atoms with Gasteiger partial charge in [-0.05, 0) is 13.0 Å². The summed E-state index contributed by atoms with van der Waals surface area (Å²) in [5, 5.41) is 4.15. The summed E-state index contributed by atoms with van der Waals surface area (Å²) in [7, 11) is 0. The molecule has 1 spiro atoms. The van der Waals surface area contributed by atoms with Crippen molar-refractivity contribution < 1.29 is 9.26 Å². The molecule has 0 atom stereocenters. The van der Waals surface area contributed by atoms with Crippen LogP contribution in [0.4, 0.5) is 6.01 Å². The number of rotatable bonds is 2. The second kappa shape index (κ2) is 6.75. The lowest BCUT2D eigenvalue weighted by atomic mass is 9.87. The Kier molecular flexibility index (Phi) is 4.27. The second-order valence-corrected chi connectivity index (χ2v) is 9.32. The van der Waals surface area contributed by atoms with Crippen molar-refractivity contribution in [2.75, 3.05) is 18.0 Å². The Balaban J connectivity index is 1.29. The fourth-order valence-electron chi connectivity index (χ4n) is 4.03. The van der Waals surface area contributed by atoms with Crippen LogP contribution < -0.4 is 9.64 Å². The van der Waals surface area contributed by atoms with E-state index in [9.17, 15) is 0 Å². The second-order valence-electron chi connectivity index (χ2n) is 9.32. The molecule has 30 heavy (non-hydrogen) atoms. The third-order valence-electron chi connectivity index (χ3n) is 5.86. The normalized spacial score (nSPS) is 17.8. The Bertz CT molecular complexity index is 1060. The first kappa shape index (κ1) is 19.0. The Morgan fingerprint density at radius 2 is 1.77 bits per heavy atom. The van der Waals surface area contributed by atoms with E-state index in [2.05, 4.69) is 56.8 Å². The van der Waals surface area contributed by atoms with Gasteiger partial charge in [-0.3, -0.25) is 15.0 Å². The standard InChI is InChI=1S/C22H26N6O2/c1-14-11-24-17(12-23-14)16-9-15-10-22(29-18(15)13-25-16)5-7-28(8-6-22)20-26-19(27-30-20)21(2,3)4/h9,11-13H,5-8,10H2,1-4H3. The fourth-order valence-corrected chi connectivity index (χ4v) is 4.03. The molecule has 0 aliphatic carbocycles. The van der Waals surface area contributed by atoms with E-state index in [4.69, 9.17) is 9.26 Å². The predicted molar refractivity (Wildman–Crippen MR) is 112 cm³/mol. The van der Waals surface area contributed by atoms with Crippen LogP contribution in [0.2, 0.25) is 0 Å². The van der Waals surface area contributed by atoms with Gasteiger partial charge in [-0.25, -0.2) is 0 Å². The lowest BCUT2D eigenvalue weighted by molar-refractivity contribution is 0.0653. The molecule has 0 saturated carbocycles. The summed E-state index contributed by atoms with van der Waals surface area (Å²) in [6.07, 6.45) is 8.02. The molecule has 156 valence electrons. The molecule has 5 heterocycles. The van der Waals surface area contributed by atoms with Crippen LogP contribution in [0.15, 0.2) is 29.2 Å². The number of pyridine rings is 1. The van der Waals surface area contributed by atoms with Gasteiger partial charge in [-0.1, -0.05) is 25.9 Å². The molecule has 0 unspecified atom stereocenters. The molecule has 0 amide bonds. The summed E-state index contributed by atoms with van der Waals surface area (Å²) >= 11 is 0. The molecule has 8 heteroatoms. The minimum absolute atomic E-state index is 0.124. The maximum absolute atomic E-state index is 6.40. The first-order valence-corrected chi connectivity index (χ1v) is 10.4. The molecule has 8 nitrogen and oxygen atoms in total. The number of fused-ring (bicyclic) bond motifs is 1. The van der Waals surface area contributed by atoms with Crippen molar-refractivity contribution in [1.82, 2.24) is 25.1 Å². The zero-order valence-corrected chi connectivity index (χ0v) is 17.8. The Morgan fingerprint density at radius 1 is 1.00 bits per heavy atom. The number of aromatic nitrogens is 5. The minimum atomic E-state index is -0.190. The van der Waals surface area contributed by atoms with Crippen molar-refractivity contribution in [3.63, 3.8) is 0 Å². The van der Waals surface area contributed by atoms with Gasteiger partial charge < -0.3 is 14.2 Å². The van der Waals surface area contributed by atoms with Gasteiger partial charge in [0.2, 0.25) is 0 Å². The van der Waals surface area contributed by atoms with Gasteiger partial charge in [0, 0.05) is 49.5 Å². The van der Waals surface area contributed by atoms with Gasteiger partial charge in [0.15, 0.2) is 5.82 Å². The summed E-state index contributed by atoms with van der Waals surface area (Å²) in [4.78, 5) is 20.1. The minimum Gasteiger partial charge on any atom is -0.485 e. The number of nitrogens with zero attached hydrogens (tertiary/aromatic N) is 6. The average Bonchev–Trinajstić information content (AvgIpc) is 3.33. The van der Waals surface area contributed by atoms with Gasteiger partial charge >= 0.3 is 6.01 Å². The fraction of sp³-hybridized carbons (Fsp3) is 0.500. The Morgan fingerprint density at radius 3 is 2.43 bits per heavy atom. The van der Waals surface area contributed by atoms with Crippen LogP contribution in [0.5, 0.6) is 5.75 Å². The molecule has 2 aliphatic heterocycles. The summed E-state index contributed by atoms with van der Waals surface area (Å²) in [6.45, 7) is 9.82.